The Morgan fingerprint density at radius 1 is 0.971 bits per heavy atom. The van der Waals surface area contributed by atoms with Crippen molar-refractivity contribution in [3.8, 4) is 5.75 Å². The molecule has 1 saturated carbocycles. The maximum atomic E-state index is 13.4. The van der Waals surface area contributed by atoms with Gasteiger partial charge in [0.25, 0.3) is 17.7 Å². The standard InChI is InChI=1S/C27H23FN2O4/c1-2-34-22-12-10-21(11-13-22)30-26(32)23-14-5-18(15-24(23)27(30)33)25(31)29(20-8-9-20)16-17-3-6-19(28)7-4-17/h3-7,10-15,20H,2,8-9,16H2,1H3. The molecule has 0 radical (unpaired) electrons. The molecule has 1 aliphatic carbocycles. The zero-order valence-electron chi connectivity index (χ0n) is 18.7. The number of carbonyl (C=O) groups is 3. The van der Waals surface area contributed by atoms with Crippen molar-refractivity contribution in [2.75, 3.05) is 11.5 Å². The summed E-state index contributed by atoms with van der Waals surface area (Å²) in [5.41, 5.74) is 2.10. The lowest BCUT2D eigenvalue weighted by molar-refractivity contribution is 0.0729. The summed E-state index contributed by atoms with van der Waals surface area (Å²) >= 11 is 0. The fourth-order valence-electron chi connectivity index (χ4n) is 4.17. The highest BCUT2D eigenvalue weighted by Crippen LogP contribution is 2.33. The van der Waals surface area contributed by atoms with Crippen molar-refractivity contribution < 1.29 is 23.5 Å². The Hall–Kier alpha value is -4.00. The van der Waals surface area contributed by atoms with Crippen molar-refractivity contribution in [2.24, 2.45) is 0 Å². The molecule has 1 fully saturated rings. The SMILES string of the molecule is CCOc1ccc(N2C(=O)c3ccc(C(=O)N(Cc4ccc(F)cc4)C4CC4)cc3C2=O)cc1. The number of amides is 3. The Kier molecular flexibility index (Phi) is 5.61. The lowest BCUT2D eigenvalue weighted by Crippen LogP contribution is -2.32. The van der Waals surface area contributed by atoms with Crippen LogP contribution >= 0.6 is 0 Å². The number of carbonyl (C=O) groups excluding carboxylic acids is 3. The molecule has 34 heavy (non-hydrogen) atoms. The topological polar surface area (TPSA) is 66.9 Å². The molecule has 0 aromatic heterocycles. The van der Waals surface area contributed by atoms with Crippen molar-refractivity contribution in [3.63, 3.8) is 0 Å². The Morgan fingerprint density at radius 2 is 1.65 bits per heavy atom. The summed E-state index contributed by atoms with van der Waals surface area (Å²) in [6, 6.07) is 17.6. The lowest BCUT2D eigenvalue weighted by atomic mass is 10.0. The van der Waals surface area contributed by atoms with Gasteiger partial charge in [-0.15, -0.1) is 0 Å². The van der Waals surface area contributed by atoms with E-state index >= 15 is 0 Å². The highest BCUT2D eigenvalue weighted by molar-refractivity contribution is 6.34. The predicted octanol–water partition coefficient (Wildman–Crippen LogP) is 4.83. The van der Waals surface area contributed by atoms with Gasteiger partial charge in [-0.3, -0.25) is 14.4 Å². The number of imide groups is 1. The molecular formula is C27H23FN2O4. The molecular weight excluding hydrogens is 435 g/mol. The molecule has 0 atom stereocenters. The van der Waals surface area contributed by atoms with Crippen LogP contribution in [0.5, 0.6) is 5.75 Å². The van der Waals surface area contributed by atoms with Gasteiger partial charge in [0.05, 0.1) is 23.4 Å². The molecule has 5 rings (SSSR count). The second kappa shape index (κ2) is 8.74. The van der Waals surface area contributed by atoms with Gasteiger partial charge in [0.2, 0.25) is 0 Å². The van der Waals surface area contributed by atoms with Gasteiger partial charge in [-0.1, -0.05) is 12.1 Å². The maximum absolute atomic E-state index is 13.4. The van der Waals surface area contributed by atoms with Crippen molar-refractivity contribution in [2.45, 2.75) is 32.4 Å². The summed E-state index contributed by atoms with van der Waals surface area (Å²) in [6.07, 6.45) is 1.81. The lowest BCUT2D eigenvalue weighted by Gasteiger charge is -2.23. The Bertz CT molecular complexity index is 1270. The third kappa shape index (κ3) is 4.05. The van der Waals surface area contributed by atoms with Crippen LogP contribution in [-0.2, 0) is 6.54 Å². The Labute approximate surface area is 196 Å². The number of halogens is 1. The van der Waals surface area contributed by atoms with E-state index in [-0.39, 0.29) is 28.9 Å². The third-order valence-corrected chi connectivity index (χ3v) is 6.05. The van der Waals surface area contributed by atoms with Gasteiger partial charge in [0, 0.05) is 18.2 Å². The Morgan fingerprint density at radius 3 is 2.29 bits per heavy atom. The molecule has 3 aromatic carbocycles. The number of nitrogens with zero attached hydrogens (tertiary/aromatic N) is 2. The molecule has 6 nitrogen and oxygen atoms in total. The number of rotatable bonds is 7. The highest BCUT2D eigenvalue weighted by Gasteiger charge is 2.38. The van der Waals surface area contributed by atoms with Crippen LogP contribution in [0.2, 0.25) is 0 Å². The molecule has 0 spiro atoms. The van der Waals surface area contributed by atoms with Crippen LogP contribution in [0.1, 0.15) is 56.4 Å². The van der Waals surface area contributed by atoms with Crippen LogP contribution in [-0.4, -0.2) is 35.3 Å². The molecule has 3 amide bonds. The van der Waals surface area contributed by atoms with Gasteiger partial charge in [-0.05, 0) is 79.9 Å². The van der Waals surface area contributed by atoms with Crippen LogP contribution in [0.4, 0.5) is 10.1 Å². The largest absolute Gasteiger partial charge is 0.494 e. The molecule has 1 heterocycles. The quantitative estimate of drug-likeness (QED) is 0.476. The van der Waals surface area contributed by atoms with E-state index in [0.29, 0.717) is 30.2 Å². The van der Waals surface area contributed by atoms with Crippen molar-refractivity contribution in [3.05, 3.63) is 94.8 Å². The first-order valence-electron chi connectivity index (χ1n) is 11.3. The first-order chi connectivity index (χ1) is 16.5. The number of ether oxygens (including phenoxy) is 1. The summed E-state index contributed by atoms with van der Waals surface area (Å²) < 4.78 is 18.7. The molecule has 0 unspecified atom stereocenters. The van der Waals surface area contributed by atoms with E-state index in [1.165, 1.54) is 18.2 Å². The normalized spacial score (nSPS) is 14.8. The zero-order valence-corrected chi connectivity index (χ0v) is 18.7. The maximum Gasteiger partial charge on any atom is 0.266 e. The van der Waals surface area contributed by atoms with Crippen LogP contribution in [0.3, 0.4) is 0 Å². The van der Waals surface area contributed by atoms with Gasteiger partial charge >= 0.3 is 0 Å². The van der Waals surface area contributed by atoms with Crippen LogP contribution in [0.25, 0.3) is 0 Å². The second-order valence-electron chi connectivity index (χ2n) is 8.42. The molecule has 3 aromatic rings. The number of fused-ring (bicyclic) bond motifs is 1. The molecule has 172 valence electrons. The van der Waals surface area contributed by atoms with E-state index < -0.39 is 11.8 Å². The summed E-state index contributed by atoms with van der Waals surface area (Å²) in [6.45, 7) is 2.75. The summed E-state index contributed by atoms with van der Waals surface area (Å²) in [5.74, 6) is -0.776. The van der Waals surface area contributed by atoms with Gasteiger partial charge in [-0.25, -0.2) is 9.29 Å². The molecule has 1 aliphatic heterocycles. The van der Waals surface area contributed by atoms with Crippen molar-refractivity contribution in [1.29, 1.82) is 0 Å². The average Bonchev–Trinajstić information content (AvgIpc) is 3.66. The number of hydrogen-bond acceptors (Lipinski definition) is 4. The van der Waals surface area contributed by atoms with Crippen LogP contribution in [0, 0.1) is 5.82 Å². The number of anilines is 1. The van der Waals surface area contributed by atoms with E-state index in [0.717, 1.165) is 23.3 Å². The van der Waals surface area contributed by atoms with Gasteiger partial charge in [-0.2, -0.15) is 0 Å². The summed E-state index contributed by atoms with van der Waals surface area (Å²) in [4.78, 5) is 42.3. The van der Waals surface area contributed by atoms with E-state index in [9.17, 15) is 18.8 Å². The minimum Gasteiger partial charge on any atom is -0.494 e. The minimum absolute atomic E-state index is 0.114. The fraction of sp³-hybridized carbons (Fsp3) is 0.222. The van der Waals surface area contributed by atoms with Gasteiger partial charge < -0.3 is 9.64 Å². The van der Waals surface area contributed by atoms with Crippen LogP contribution < -0.4 is 9.64 Å². The van der Waals surface area contributed by atoms with E-state index in [4.69, 9.17) is 4.74 Å². The predicted molar refractivity (Wildman–Crippen MR) is 124 cm³/mol. The van der Waals surface area contributed by atoms with Gasteiger partial charge in [0.15, 0.2) is 0 Å². The number of hydrogen-bond donors (Lipinski definition) is 0. The highest BCUT2D eigenvalue weighted by atomic mass is 19.1. The molecule has 0 saturated heterocycles. The molecule has 7 heteroatoms. The fourth-order valence-corrected chi connectivity index (χ4v) is 4.17. The van der Waals surface area contributed by atoms with Crippen molar-refractivity contribution >= 4 is 23.4 Å². The molecule has 2 aliphatic rings. The summed E-state index contributed by atoms with van der Waals surface area (Å²) in [7, 11) is 0. The Balaban J connectivity index is 1.40. The molecule has 0 N–H and O–H groups in total. The zero-order chi connectivity index (χ0) is 23.8. The second-order valence-corrected chi connectivity index (χ2v) is 8.42. The number of benzene rings is 3. The van der Waals surface area contributed by atoms with E-state index in [2.05, 4.69) is 0 Å². The first-order valence-corrected chi connectivity index (χ1v) is 11.3. The minimum atomic E-state index is -0.463. The third-order valence-electron chi connectivity index (χ3n) is 6.05. The smallest absolute Gasteiger partial charge is 0.266 e. The van der Waals surface area contributed by atoms with Crippen molar-refractivity contribution in [1.82, 2.24) is 4.90 Å². The van der Waals surface area contributed by atoms with E-state index in [1.807, 2.05) is 6.92 Å². The monoisotopic (exact) mass is 458 g/mol. The summed E-state index contributed by atoms with van der Waals surface area (Å²) in [5, 5.41) is 0. The average molecular weight is 458 g/mol. The molecule has 0 bridgehead atoms. The first kappa shape index (κ1) is 21.8. The van der Waals surface area contributed by atoms with Gasteiger partial charge in [0.1, 0.15) is 11.6 Å². The van der Waals surface area contributed by atoms with Crippen LogP contribution in [0.15, 0.2) is 66.7 Å². The van der Waals surface area contributed by atoms with E-state index in [1.54, 1.807) is 53.4 Å².